The number of rotatable bonds is 12. The predicted molar refractivity (Wildman–Crippen MR) is 157 cm³/mol. The molecule has 2 atom stereocenters. The van der Waals surface area contributed by atoms with E-state index < -0.39 is 16.1 Å². The Morgan fingerprint density at radius 2 is 1.80 bits per heavy atom. The van der Waals surface area contributed by atoms with Crippen LogP contribution in [0.1, 0.15) is 50.6 Å². The zero-order valence-corrected chi connectivity index (χ0v) is 24.3. The number of sulfone groups is 1. The maximum absolute atomic E-state index is 13.4. The number of aliphatic hydroxyl groups excluding tert-OH is 1. The number of carbonyl (C=O) groups is 2. The maximum Gasteiger partial charge on any atom is 0.239 e. The van der Waals surface area contributed by atoms with Gasteiger partial charge in [0.2, 0.25) is 11.8 Å². The zero-order valence-electron chi connectivity index (χ0n) is 23.5. The lowest BCUT2D eigenvalue weighted by molar-refractivity contribution is -0.145. The molecular weight excluding hydrogens is 528 g/mol. The van der Waals surface area contributed by atoms with E-state index in [1.54, 1.807) is 4.90 Å². The SMILES string of the molecule is CC(c1cccc2ccccc12)N1CCC(N(CC(=O)NCC(O)NC/C=C/S(C)(=O)=O)C(=O)C2CCC2)CC1. The third-order valence-corrected chi connectivity index (χ3v) is 8.81. The number of hydrogen-bond acceptors (Lipinski definition) is 7. The number of benzene rings is 2. The van der Waals surface area contributed by atoms with Crippen molar-refractivity contribution in [2.75, 3.05) is 39.0 Å². The molecular formula is C30H42N4O5S. The molecule has 4 rings (SSSR count). The first-order chi connectivity index (χ1) is 19.1. The Labute approximate surface area is 237 Å². The van der Waals surface area contributed by atoms with E-state index in [-0.39, 0.29) is 49.5 Å². The van der Waals surface area contributed by atoms with Gasteiger partial charge in [-0.25, -0.2) is 8.42 Å². The highest BCUT2D eigenvalue weighted by atomic mass is 32.2. The molecule has 0 aromatic heterocycles. The quantitative estimate of drug-likeness (QED) is 0.336. The summed E-state index contributed by atoms with van der Waals surface area (Å²) in [5.74, 6) is -0.257. The largest absolute Gasteiger partial charge is 0.377 e. The number of hydrogen-bond donors (Lipinski definition) is 3. The van der Waals surface area contributed by atoms with Crippen molar-refractivity contribution >= 4 is 32.4 Å². The summed E-state index contributed by atoms with van der Waals surface area (Å²) in [5, 5.41) is 19.1. The summed E-state index contributed by atoms with van der Waals surface area (Å²) < 4.78 is 22.3. The number of nitrogens with one attached hydrogen (secondary N) is 2. The van der Waals surface area contributed by atoms with E-state index >= 15 is 0 Å². The molecule has 1 saturated heterocycles. The number of amides is 2. The molecule has 10 heteroatoms. The lowest BCUT2D eigenvalue weighted by Crippen LogP contribution is -2.54. The summed E-state index contributed by atoms with van der Waals surface area (Å²) in [5.41, 5.74) is 1.30. The van der Waals surface area contributed by atoms with E-state index in [2.05, 4.69) is 64.9 Å². The van der Waals surface area contributed by atoms with Gasteiger partial charge in [0.15, 0.2) is 9.84 Å². The Kier molecular flexibility index (Phi) is 10.3. The Morgan fingerprint density at radius 1 is 1.10 bits per heavy atom. The fourth-order valence-corrected chi connectivity index (χ4v) is 6.04. The highest BCUT2D eigenvalue weighted by Gasteiger charge is 2.36. The molecule has 40 heavy (non-hydrogen) atoms. The molecule has 0 bridgehead atoms. The van der Waals surface area contributed by atoms with E-state index in [1.165, 1.54) is 22.4 Å². The Bertz CT molecular complexity index is 1300. The van der Waals surface area contributed by atoms with Crippen LogP contribution in [0.25, 0.3) is 10.8 Å². The monoisotopic (exact) mass is 570 g/mol. The van der Waals surface area contributed by atoms with Gasteiger partial charge in [-0.05, 0) is 48.9 Å². The van der Waals surface area contributed by atoms with Crippen molar-refractivity contribution in [1.82, 2.24) is 20.4 Å². The molecule has 0 radical (unpaired) electrons. The molecule has 9 nitrogen and oxygen atoms in total. The molecule has 2 aromatic rings. The molecule has 2 fully saturated rings. The Balaban J connectivity index is 1.32. The highest BCUT2D eigenvalue weighted by Crippen LogP contribution is 2.33. The molecule has 2 amide bonds. The van der Waals surface area contributed by atoms with Crippen LogP contribution in [-0.4, -0.2) is 86.4 Å². The van der Waals surface area contributed by atoms with Gasteiger partial charge in [0.05, 0.1) is 13.1 Å². The van der Waals surface area contributed by atoms with Gasteiger partial charge in [0.1, 0.15) is 6.23 Å². The van der Waals surface area contributed by atoms with E-state index in [1.807, 2.05) is 0 Å². The zero-order chi connectivity index (χ0) is 28.7. The van der Waals surface area contributed by atoms with Crippen LogP contribution >= 0.6 is 0 Å². The molecule has 1 heterocycles. The van der Waals surface area contributed by atoms with Crippen LogP contribution in [0.5, 0.6) is 0 Å². The topological polar surface area (TPSA) is 119 Å². The first-order valence-corrected chi connectivity index (χ1v) is 16.1. The summed E-state index contributed by atoms with van der Waals surface area (Å²) in [6.45, 7) is 4.00. The second kappa shape index (κ2) is 13.7. The normalized spacial score (nSPS) is 18.9. The molecule has 2 aliphatic rings. The minimum Gasteiger partial charge on any atom is -0.377 e. The van der Waals surface area contributed by atoms with Crippen LogP contribution < -0.4 is 10.6 Å². The van der Waals surface area contributed by atoms with Gasteiger partial charge in [-0.15, -0.1) is 0 Å². The van der Waals surface area contributed by atoms with Gasteiger partial charge in [0, 0.05) is 49.3 Å². The van der Waals surface area contributed by atoms with Gasteiger partial charge in [-0.2, -0.15) is 0 Å². The summed E-state index contributed by atoms with van der Waals surface area (Å²) >= 11 is 0. The maximum atomic E-state index is 13.4. The molecule has 3 N–H and O–H groups in total. The van der Waals surface area contributed by atoms with Crippen molar-refractivity contribution in [1.29, 1.82) is 0 Å². The number of nitrogens with zero attached hydrogens (tertiary/aromatic N) is 2. The van der Waals surface area contributed by atoms with Crippen LogP contribution in [-0.2, 0) is 19.4 Å². The van der Waals surface area contributed by atoms with Crippen molar-refractivity contribution < 1.29 is 23.1 Å². The van der Waals surface area contributed by atoms with Crippen molar-refractivity contribution in [2.24, 2.45) is 5.92 Å². The second-order valence-electron chi connectivity index (χ2n) is 11.0. The van der Waals surface area contributed by atoms with Crippen LogP contribution in [0.4, 0.5) is 0 Å². The molecule has 1 aliphatic carbocycles. The fourth-order valence-electron chi connectivity index (χ4n) is 5.59. The van der Waals surface area contributed by atoms with Gasteiger partial charge in [0.25, 0.3) is 0 Å². The average molecular weight is 571 g/mol. The third-order valence-electron chi connectivity index (χ3n) is 8.12. The van der Waals surface area contributed by atoms with E-state index in [0.717, 1.165) is 56.9 Å². The fraction of sp³-hybridized carbons (Fsp3) is 0.533. The number of carbonyl (C=O) groups excluding carboxylic acids is 2. The number of aliphatic hydroxyl groups is 1. The van der Waals surface area contributed by atoms with Crippen molar-refractivity contribution in [3.05, 3.63) is 59.5 Å². The van der Waals surface area contributed by atoms with Gasteiger partial charge in [-0.3, -0.25) is 19.8 Å². The second-order valence-corrected chi connectivity index (χ2v) is 13.0. The minimum absolute atomic E-state index is 0.000930. The minimum atomic E-state index is -3.23. The Morgan fingerprint density at radius 3 is 2.48 bits per heavy atom. The summed E-state index contributed by atoms with van der Waals surface area (Å²) in [6, 6.07) is 15.1. The van der Waals surface area contributed by atoms with Crippen molar-refractivity contribution in [3.8, 4) is 0 Å². The first kappa shape index (κ1) is 30.2. The van der Waals surface area contributed by atoms with Gasteiger partial charge in [-0.1, -0.05) is 55.0 Å². The van der Waals surface area contributed by atoms with Gasteiger partial charge < -0.3 is 15.3 Å². The van der Waals surface area contributed by atoms with Crippen molar-refractivity contribution in [2.45, 2.75) is 57.3 Å². The number of likely N-dealkylation sites (tertiary alicyclic amines) is 1. The van der Waals surface area contributed by atoms with E-state index in [4.69, 9.17) is 0 Å². The lowest BCUT2D eigenvalue weighted by atomic mass is 9.83. The van der Waals surface area contributed by atoms with Crippen LogP contribution in [0, 0.1) is 5.92 Å². The predicted octanol–water partition coefficient (Wildman–Crippen LogP) is 2.58. The van der Waals surface area contributed by atoms with E-state index in [9.17, 15) is 23.1 Å². The molecule has 1 saturated carbocycles. The van der Waals surface area contributed by atoms with Crippen LogP contribution in [0.2, 0.25) is 0 Å². The molecule has 218 valence electrons. The Hall–Kier alpha value is -2.79. The lowest BCUT2D eigenvalue weighted by Gasteiger charge is -2.42. The number of piperidine rings is 1. The first-order valence-electron chi connectivity index (χ1n) is 14.2. The standard InChI is InChI=1S/C30H42N4O5S/c1-22(26-13-6-9-23-8-3-4-12-27(23)26)33-17-14-25(15-18-33)34(30(37)24-10-5-11-24)21-29(36)32-20-28(35)31-16-7-19-40(2,38)39/h3-4,6-9,12-13,19,22,24-25,28,31,35H,5,10-11,14-18,20-21H2,1-2H3,(H,32,36)/b19-7+. The number of fused-ring (bicyclic) bond motifs is 1. The molecule has 2 aromatic carbocycles. The van der Waals surface area contributed by atoms with Crippen LogP contribution in [0.3, 0.4) is 0 Å². The third kappa shape index (κ3) is 8.13. The highest BCUT2D eigenvalue weighted by molar-refractivity contribution is 7.93. The van der Waals surface area contributed by atoms with Crippen LogP contribution in [0.15, 0.2) is 53.9 Å². The molecule has 1 aliphatic heterocycles. The smallest absolute Gasteiger partial charge is 0.239 e. The summed E-state index contributed by atoms with van der Waals surface area (Å²) in [6.07, 6.45) is 5.84. The van der Waals surface area contributed by atoms with Crippen molar-refractivity contribution in [3.63, 3.8) is 0 Å². The molecule has 0 spiro atoms. The van der Waals surface area contributed by atoms with E-state index in [0.29, 0.717) is 0 Å². The van der Waals surface area contributed by atoms with Gasteiger partial charge >= 0.3 is 0 Å². The summed E-state index contributed by atoms with van der Waals surface area (Å²) in [4.78, 5) is 30.4. The summed E-state index contributed by atoms with van der Waals surface area (Å²) in [7, 11) is -3.23. The molecule has 2 unspecified atom stereocenters. The average Bonchev–Trinajstić information content (AvgIpc) is 2.91.